The Morgan fingerprint density at radius 1 is 1.69 bits per heavy atom. The highest BCUT2D eigenvalue weighted by atomic mass is 16.4. The second-order valence-electron chi connectivity index (χ2n) is 2.78. The van der Waals surface area contributed by atoms with Gasteiger partial charge in [-0.1, -0.05) is 0 Å². The zero-order valence-electron chi connectivity index (χ0n) is 7.19. The fraction of sp³-hybridized carbons (Fsp3) is 0.250. The summed E-state index contributed by atoms with van der Waals surface area (Å²) >= 11 is 0. The molecule has 5 nitrogen and oxygen atoms in total. The van der Waals surface area contributed by atoms with Crippen molar-refractivity contribution in [3.8, 4) is 0 Å². The Morgan fingerprint density at radius 2 is 2.31 bits per heavy atom. The second kappa shape index (κ2) is 3.40. The van der Waals surface area contributed by atoms with Crippen molar-refractivity contribution < 1.29 is 9.90 Å². The number of aliphatic carboxylic acids is 1. The number of carboxylic acid groups (broad SMARTS) is 1. The van der Waals surface area contributed by atoms with Crippen molar-refractivity contribution in [1.82, 2.24) is 4.98 Å². The summed E-state index contributed by atoms with van der Waals surface area (Å²) < 4.78 is 0. The summed E-state index contributed by atoms with van der Waals surface area (Å²) in [5.74, 6) is -0.714. The van der Waals surface area contributed by atoms with Gasteiger partial charge in [-0.05, 0) is 18.6 Å². The fourth-order valence-corrected chi connectivity index (χ4v) is 1.05. The van der Waals surface area contributed by atoms with Crippen molar-refractivity contribution in [3.63, 3.8) is 0 Å². The molecule has 0 amide bonds. The van der Waals surface area contributed by atoms with E-state index in [1.807, 2.05) is 0 Å². The first-order valence-corrected chi connectivity index (χ1v) is 3.72. The Balaban J connectivity index is 3.08. The summed E-state index contributed by atoms with van der Waals surface area (Å²) in [6, 6.07) is 0.561. The van der Waals surface area contributed by atoms with E-state index in [-0.39, 0.29) is 0 Å². The molecule has 13 heavy (non-hydrogen) atoms. The molecule has 0 aliphatic heterocycles. The van der Waals surface area contributed by atoms with Crippen molar-refractivity contribution in [3.05, 3.63) is 23.4 Å². The van der Waals surface area contributed by atoms with Gasteiger partial charge in [0, 0.05) is 11.8 Å². The Morgan fingerprint density at radius 3 is 2.77 bits per heavy atom. The quantitative estimate of drug-likeness (QED) is 0.598. The van der Waals surface area contributed by atoms with Crippen LogP contribution in [0.4, 0.5) is 5.82 Å². The number of aryl methyl sites for hydroxylation is 1. The van der Waals surface area contributed by atoms with E-state index in [1.54, 1.807) is 13.0 Å². The smallest absolute Gasteiger partial charge is 0.325 e. The molecule has 0 spiro atoms. The van der Waals surface area contributed by atoms with Crippen molar-refractivity contribution in [2.75, 3.05) is 5.73 Å². The number of anilines is 1. The molecular weight excluding hydrogens is 170 g/mol. The average Bonchev–Trinajstić information content (AvgIpc) is 2.03. The standard InChI is InChI=1S/C8H11N3O2/c1-4-2-6(9)11-3-5(4)7(10)8(12)13/h2-3,7H,10H2,1H3,(H2,9,11)(H,12,13). The molecule has 5 N–H and O–H groups in total. The lowest BCUT2D eigenvalue weighted by Crippen LogP contribution is -2.21. The van der Waals surface area contributed by atoms with Crippen molar-refractivity contribution in [2.24, 2.45) is 5.73 Å². The zero-order valence-corrected chi connectivity index (χ0v) is 7.19. The van der Waals surface area contributed by atoms with Crippen molar-refractivity contribution >= 4 is 11.8 Å². The highest BCUT2D eigenvalue weighted by molar-refractivity contribution is 5.75. The lowest BCUT2D eigenvalue weighted by Gasteiger charge is -2.09. The fourth-order valence-electron chi connectivity index (χ4n) is 1.05. The number of carboxylic acids is 1. The van der Waals surface area contributed by atoms with E-state index < -0.39 is 12.0 Å². The molecule has 0 aliphatic carbocycles. The van der Waals surface area contributed by atoms with Gasteiger partial charge in [-0.3, -0.25) is 4.79 Å². The molecule has 0 saturated heterocycles. The Labute approximate surface area is 75.4 Å². The van der Waals surface area contributed by atoms with Crippen LogP contribution in [0.25, 0.3) is 0 Å². The Kier molecular flexibility index (Phi) is 2.48. The minimum Gasteiger partial charge on any atom is -0.480 e. The van der Waals surface area contributed by atoms with Crippen LogP contribution in [0.15, 0.2) is 12.3 Å². The number of hydrogen-bond acceptors (Lipinski definition) is 4. The molecule has 1 unspecified atom stereocenters. The number of nitrogens with two attached hydrogens (primary N) is 2. The summed E-state index contributed by atoms with van der Waals surface area (Å²) in [6.07, 6.45) is 1.39. The monoisotopic (exact) mass is 181 g/mol. The molecule has 1 aromatic rings. The predicted molar refractivity (Wildman–Crippen MR) is 48.0 cm³/mol. The van der Waals surface area contributed by atoms with Crippen LogP contribution in [0.2, 0.25) is 0 Å². The van der Waals surface area contributed by atoms with Gasteiger partial charge in [-0.15, -0.1) is 0 Å². The van der Waals surface area contributed by atoms with E-state index in [1.165, 1.54) is 6.20 Å². The number of aromatic nitrogens is 1. The van der Waals surface area contributed by atoms with Gasteiger partial charge in [0.15, 0.2) is 0 Å². The van der Waals surface area contributed by atoms with Gasteiger partial charge >= 0.3 is 5.97 Å². The van der Waals surface area contributed by atoms with Crippen LogP contribution in [0.5, 0.6) is 0 Å². The number of carbonyl (C=O) groups is 1. The lowest BCUT2D eigenvalue weighted by molar-refractivity contribution is -0.138. The van der Waals surface area contributed by atoms with Crippen molar-refractivity contribution in [1.29, 1.82) is 0 Å². The molecular formula is C8H11N3O2. The maximum Gasteiger partial charge on any atom is 0.325 e. The highest BCUT2D eigenvalue weighted by Gasteiger charge is 2.16. The summed E-state index contributed by atoms with van der Waals surface area (Å²) in [7, 11) is 0. The molecule has 0 bridgehead atoms. The molecule has 0 aromatic carbocycles. The number of hydrogen-bond donors (Lipinski definition) is 3. The largest absolute Gasteiger partial charge is 0.480 e. The van der Waals surface area contributed by atoms with E-state index >= 15 is 0 Å². The molecule has 0 radical (unpaired) electrons. The minimum absolute atomic E-state index is 0.360. The number of nitrogen functional groups attached to an aromatic ring is 1. The van der Waals surface area contributed by atoms with E-state index in [0.717, 1.165) is 5.56 Å². The summed E-state index contributed by atoms with van der Waals surface area (Å²) in [5.41, 5.74) is 12.0. The summed E-state index contributed by atoms with van der Waals surface area (Å²) in [6.45, 7) is 1.75. The minimum atomic E-state index is -1.07. The lowest BCUT2D eigenvalue weighted by atomic mass is 10.1. The molecule has 1 atom stereocenters. The van der Waals surface area contributed by atoms with Gasteiger partial charge in [-0.2, -0.15) is 0 Å². The van der Waals surface area contributed by atoms with Crippen LogP contribution in [-0.4, -0.2) is 16.1 Å². The van der Waals surface area contributed by atoms with Gasteiger partial charge in [0.25, 0.3) is 0 Å². The van der Waals surface area contributed by atoms with Crippen LogP contribution in [0, 0.1) is 6.92 Å². The molecule has 5 heteroatoms. The molecule has 1 heterocycles. The van der Waals surface area contributed by atoms with E-state index in [4.69, 9.17) is 16.6 Å². The zero-order chi connectivity index (χ0) is 10.0. The van der Waals surface area contributed by atoms with Crippen LogP contribution in [0.3, 0.4) is 0 Å². The van der Waals surface area contributed by atoms with Gasteiger partial charge in [0.05, 0.1) is 0 Å². The molecule has 70 valence electrons. The average molecular weight is 181 g/mol. The molecule has 1 rings (SSSR count). The first-order valence-electron chi connectivity index (χ1n) is 3.72. The van der Waals surface area contributed by atoms with E-state index in [2.05, 4.69) is 4.98 Å². The predicted octanol–water partition coefficient (Wildman–Crippen LogP) is 0.0566. The first-order chi connectivity index (χ1) is 6.02. The maximum absolute atomic E-state index is 10.6. The summed E-state index contributed by atoms with van der Waals surface area (Å²) in [4.78, 5) is 14.3. The number of nitrogens with zero attached hydrogens (tertiary/aromatic N) is 1. The SMILES string of the molecule is Cc1cc(N)ncc1C(N)C(=O)O. The Bertz CT molecular complexity index is 338. The van der Waals surface area contributed by atoms with E-state index in [0.29, 0.717) is 11.4 Å². The Hall–Kier alpha value is -1.62. The van der Waals surface area contributed by atoms with Gasteiger partial charge in [-0.25, -0.2) is 4.98 Å². The third-order valence-electron chi connectivity index (χ3n) is 1.77. The van der Waals surface area contributed by atoms with Crippen LogP contribution >= 0.6 is 0 Å². The molecule has 1 aromatic heterocycles. The molecule has 0 saturated carbocycles. The third-order valence-corrected chi connectivity index (χ3v) is 1.77. The van der Waals surface area contributed by atoms with Crippen LogP contribution in [0.1, 0.15) is 17.2 Å². The van der Waals surface area contributed by atoms with Gasteiger partial charge in [0.1, 0.15) is 11.9 Å². The topological polar surface area (TPSA) is 102 Å². The summed E-state index contributed by atoms with van der Waals surface area (Å²) in [5, 5.41) is 8.65. The van der Waals surface area contributed by atoms with Gasteiger partial charge in [0.2, 0.25) is 0 Å². The third kappa shape index (κ3) is 1.94. The molecule has 0 aliphatic rings. The van der Waals surface area contributed by atoms with Crippen molar-refractivity contribution in [2.45, 2.75) is 13.0 Å². The normalized spacial score (nSPS) is 12.5. The first kappa shape index (κ1) is 9.47. The van der Waals surface area contributed by atoms with Crippen LogP contribution in [-0.2, 0) is 4.79 Å². The highest BCUT2D eigenvalue weighted by Crippen LogP contribution is 2.16. The van der Waals surface area contributed by atoms with Gasteiger partial charge < -0.3 is 16.6 Å². The number of pyridine rings is 1. The maximum atomic E-state index is 10.6. The van der Waals surface area contributed by atoms with E-state index in [9.17, 15) is 4.79 Å². The van der Waals surface area contributed by atoms with Crippen LogP contribution < -0.4 is 11.5 Å². The second-order valence-corrected chi connectivity index (χ2v) is 2.78. The number of rotatable bonds is 2. The molecule has 0 fully saturated rings.